The van der Waals surface area contributed by atoms with Crippen LogP contribution >= 0.6 is 0 Å². The zero-order valence-electron chi connectivity index (χ0n) is 15.2. The zero-order valence-corrected chi connectivity index (χ0v) is 15.2. The standard InChI is InChI=1S/C22H19N5/c1-13-6-7-15-10-19(26-18(15)8-13)17-11-24-22-21(17)27-20(12-25-22)14-4-3-5-16(9-14)23-2/h3-12,23,26H,1-2H3,(H,24,25). The van der Waals surface area contributed by atoms with E-state index in [9.17, 15) is 0 Å². The monoisotopic (exact) mass is 353 g/mol. The molecule has 2 aromatic carbocycles. The average molecular weight is 353 g/mol. The number of aryl methyl sites for hydroxylation is 1. The van der Waals surface area contributed by atoms with E-state index in [-0.39, 0.29) is 0 Å². The maximum absolute atomic E-state index is 4.90. The van der Waals surface area contributed by atoms with E-state index in [1.54, 1.807) is 0 Å². The predicted octanol–water partition coefficient (Wildman–Crippen LogP) is 5.12. The molecule has 3 N–H and O–H groups in total. The number of hydrogen-bond acceptors (Lipinski definition) is 3. The van der Waals surface area contributed by atoms with Crippen LogP contribution in [0.4, 0.5) is 5.69 Å². The molecule has 132 valence electrons. The highest BCUT2D eigenvalue weighted by Gasteiger charge is 2.13. The van der Waals surface area contributed by atoms with Gasteiger partial charge in [0.25, 0.3) is 0 Å². The van der Waals surface area contributed by atoms with Crippen LogP contribution in [0.5, 0.6) is 0 Å². The maximum atomic E-state index is 4.90. The Labute approximate surface area is 156 Å². The first kappa shape index (κ1) is 15.6. The maximum Gasteiger partial charge on any atom is 0.156 e. The SMILES string of the molecule is CNc1cccc(-c2cnc3[nH]cc(-c4cc5ccc(C)cc5[nH]4)c3n2)c1. The van der Waals surface area contributed by atoms with Crippen LogP contribution in [0.1, 0.15) is 5.56 Å². The van der Waals surface area contributed by atoms with Crippen LogP contribution in [0.3, 0.4) is 0 Å². The van der Waals surface area contributed by atoms with Crippen LogP contribution in [-0.4, -0.2) is 27.0 Å². The number of aromatic nitrogens is 4. The quantitative estimate of drug-likeness (QED) is 0.421. The summed E-state index contributed by atoms with van der Waals surface area (Å²) < 4.78 is 0. The number of hydrogen-bond donors (Lipinski definition) is 3. The third-order valence-electron chi connectivity index (χ3n) is 4.90. The molecule has 0 amide bonds. The van der Waals surface area contributed by atoms with Gasteiger partial charge in [0.15, 0.2) is 5.65 Å². The molecular formula is C22H19N5. The molecule has 0 saturated carbocycles. The Morgan fingerprint density at radius 1 is 1.04 bits per heavy atom. The molecule has 27 heavy (non-hydrogen) atoms. The second-order valence-corrected chi connectivity index (χ2v) is 6.76. The molecule has 0 aliphatic carbocycles. The van der Waals surface area contributed by atoms with E-state index in [0.717, 1.165) is 44.9 Å². The fourth-order valence-electron chi connectivity index (χ4n) is 3.46. The average Bonchev–Trinajstić information content (AvgIpc) is 3.30. The molecule has 5 rings (SSSR count). The van der Waals surface area contributed by atoms with Gasteiger partial charge in [0, 0.05) is 41.0 Å². The van der Waals surface area contributed by atoms with Crippen LogP contribution in [0.25, 0.3) is 44.6 Å². The van der Waals surface area contributed by atoms with Crippen LogP contribution in [-0.2, 0) is 0 Å². The molecule has 3 heterocycles. The molecular weight excluding hydrogens is 334 g/mol. The van der Waals surface area contributed by atoms with Gasteiger partial charge >= 0.3 is 0 Å². The molecule has 0 atom stereocenters. The Hall–Kier alpha value is -3.60. The highest BCUT2D eigenvalue weighted by Crippen LogP contribution is 2.31. The van der Waals surface area contributed by atoms with E-state index in [4.69, 9.17) is 4.98 Å². The molecule has 0 saturated heterocycles. The summed E-state index contributed by atoms with van der Waals surface area (Å²) in [5, 5.41) is 4.36. The van der Waals surface area contributed by atoms with E-state index in [1.807, 2.05) is 31.6 Å². The van der Waals surface area contributed by atoms with Gasteiger partial charge in [-0.3, -0.25) is 0 Å². The Morgan fingerprint density at radius 3 is 2.85 bits per heavy atom. The number of anilines is 1. The molecule has 3 aromatic heterocycles. The van der Waals surface area contributed by atoms with E-state index in [0.29, 0.717) is 0 Å². The molecule has 5 aromatic rings. The first-order valence-corrected chi connectivity index (χ1v) is 8.93. The summed E-state index contributed by atoms with van der Waals surface area (Å²) in [7, 11) is 1.91. The fourth-order valence-corrected chi connectivity index (χ4v) is 3.46. The third-order valence-corrected chi connectivity index (χ3v) is 4.90. The molecule has 5 nitrogen and oxygen atoms in total. The normalized spacial score (nSPS) is 11.3. The predicted molar refractivity (Wildman–Crippen MR) is 111 cm³/mol. The second-order valence-electron chi connectivity index (χ2n) is 6.76. The van der Waals surface area contributed by atoms with Crippen molar-refractivity contribution in [1.29, 1.82) is 0 Å². The minimum Gasteiger partial charge on any atom is -0.388 e. The van der Waals surface area contributed by atoms with E-state index in [2.05, 4.69) is 63.6 Å². The van der Waals surface area contributed by atoms with Crippen molar-refractivity contribution >= 4 is 27.8 Å². The number of benzene rings is 2. The lowest BCUT2D eigenvalue weighted by atomic mass is 10.1. The van der Waals surface area contributed by atoms with E-state index < -0.39 is 0 Å². The largest absolute Gasteiger partial charge is 0.388 e. The van der Waals surface area contributed by atoms with Gasteiger partial charge < -0.3 is 15.3 Å². The Bertz CT molecular complexity index is 1280. The van der Waals surface area contributed by atoms with Crippen molar-refractivity contribution in [3.63, 3.8) is 0 Å². The molecule has 0 fully saturated rings. The van der Waals surface area contributed by atoms with Gasteiger partial charge in [-0.2, -0.15) is 0 Å². The van der Waals surface area contributed by atoms with Crippen LogP contribution in [0.15, 0.2) is 60.9 Å². The fraction of sp³-hybridized carbons (Fsp3) is 0.0909. The van der Waals surface area contributed by atoms with Crippen molar-refractivity contribution in [2.24, 2.45) is 0 Å². The second kappa shape index (κ2) is 5.99. The summed E-state index contributed by atoms with van der Waals surface area (Å²) in [4.78, 5) is 16.2. The molecule has 0 unspecified atom stereocenters. The molecule has 0 bridgehead atoms. The highest BCUT2D eigenvalue weighted by molar-refractivity contribution is 5.95. The Morgan fingerprint density at radius 2 is 1.96 bits per heavy atom. The number of nitrogens with one attached hydrogen (secondary N) is 3. The molecule has 5 heteroatoms. The number of H-pyrrole nitrogens is 2. The topological polar surface area (TPSA) is 69.4 Å². The Balaban J connectivity index is 1.66. The van der Waals surface area contributed by atoms with Gasteiger partial charge in [-0.1, -0.05) is 24.3 Å². The van der Waals surface area contributed by atoms with Crippen molar-refractivity contribution in [3.05, 3.63) is 66.5 Å². The summed E-state index contributed by atoms with van der Waals surface area (Å²) in [6.45, 7) is 2.10. The van der Waals surface area contributed by atoms with Crippen molar-refractivity contribution < 1.29 is 0 Å². The van der Waals surface area contributed by atoms with Gasteiger partial charge in [-0.15, -0.1) is 0 Å². The smallest absolute Gasteiger partial charge is 0.156 e. The number of aromatic amines is 2. The zero-order chi connectivity index (χ0) is 18.4. The van der Waals surface area contributed by atoms with E-state index in [1.165, 1.54) is 10.9 Å². The van der Waals surface area contributed by atoms with Crippen LogP contribution < -0.4 is 5.32 Å². The van der Waals surface area contributed by atoms with Gasteiger partial charge in [-0.05, 0) is 36.8 Å². The van der Waals surface area contributed by atoms with Crippen molar-refractivity contribution in [2.45, 2.75) is 6.92 Å². The van der Waals surface area contributed by atoms with Crippen LogP contribution in [0, 0.1) is 6.92 Å². The summed E-state index contributed by atoms with van der Waals surface area (Å²) in [5.74, 6) is 0. The lowest BCUT2D eigenvalue weighted by Crippen LogP contribution is -1.91. The Kier molecular flexibility index (Phi) is 3.47. The minimum absolute atomic E-state index is 0.786. The summed E-state index contributed by atoms with van der Waals surface area (Å²) in [6.07, 6.45) is 3.78. The van der Waals surface area contributed by atoms with Crippen molar-refractivity contribution in [2.75, 3.05) is 12.4 Å². The van der Waals surface area contributed by atoms with E-state index >= 15 is 0 Å². The van der Waals surface area contributed by atoms with Gasteiger partial charge in [0.1, 0.15) is 5.52 Å². The number of rotatable bonds is 3. The highest BCUT2D eigenvalue weighted by atomic mass is 14.9. The molecule has 0 aliphatic rings. The lowest BCUT2D eigenvalue weighted by molar-refractivity contribution is 1.26. The first-order valence-electron chi connectivity index (χ1n) is 8.93. The first-order chi connectivity index (χ1) is 13.2. The number of fused-ring (bicyclic) bond motifs is 2. The molecule has 0 spiro atoms. The lowest BCUT2D eigenvalue weighted by Gasteiger charge is -2.05. The van der Waals surface area contributed by atoms with Gasteiger partial charge in [0.05, 0.1) is 17.6 Å². The minimum atomic E-state index is 0.786. The summed E-state index contributed by atoms with van der Waals surface area (Å²) in [6, 6.07) is 16.8. The van der Waals surface area contributed by atoms with Gasteiger partial charge in [-0.25, -0.2) is 9.97 Å². The summed E-state index contributed by atoms with van der Waals surface area (Å²) in [5.41, 5.74) is 9.03. The number of nitrogens with zero attached hydrogens (tertiary/aromatic N) is 2. The third kappa shape index (κ3) is 2.64. The summed E-state index contributed by atoms with van der Waals surface area (Å²) >= 11 is 0. The van der Waals surface area contributed by atoms with Crippen molar-refractivity contribution in [3.8, 4) is 22.5 Å². The molecule has 0 radical (unpaired) electrons. The van der Waals surface area contributed by atoms with Gasteiger partial charge in [0.2, 0.25) is 0 Å². The van der Waals surface area contributed by atoms with Crippen LogP contribution in [0.2, 0.25) is 0 Å². The molecule has 0 aliphatic heterocycles. The van der Waals surface area contributed by atoms with Crippen molar-refractivity contribution in [1.82, 2.24) is 19.9 Å².